The molecule has 5 nitrogen and oxygen atoms in total. The molecule has 1 fully saturated rings. The Kier molecular flexibility index (Phi) is 6.16. The number of nitrogens with one attached hydrogen (secondary N) is 1. The van der Waals surface area contributed by atoms with Gasteiger partial charge in [-0.15, -0.1) is 0 Å². The van der Waals surface area contributed by atoms with Crippen LogP contribution < -0.4 is 5.32 Å². The molecule has 0 spiro atoms. The smallest absolute Gasteiger partial charge is 0.335 e. The van der Waals surface area contributed by atoms with E-state index in [0.29, 0.717) is 19.0 Å². The van der Waals surface area contributed by atoms with Crippen LogP contribution in [0.15, 0.2) is 24.3 Å². The standard InChI is InChI=1S/C18H26N2O3/c1-13(2)20-11-3-4-16(12-20)17(21)19-10-9-14-5-7-15(8-6-14)18(22)23/h5-8,13,16H,3-4,9-12H2,1-2H3,(H,19,21)(H,22,23)/t16-/m0/s1. The summed E-state index contributed by atoms with van der Waals surface area (Å²) in [7, 11) is 0. The van der Waals surface area contributed by atoms with E-state index >= 15 is 0 Å². The maximum Gasteiger partial charge on any atom is 0.335 e. The Morgan fingerprint density at radius 3 is 2.61 bits per heavy atom. The largest absolute Gasteiger partial charge is 0.478 e. The highest BCUT2D eigenvalue weighted by Crippen LogP contribution is 2.18. The van der Waals surface area contributed by atoms with Crippen LogP contribution in [-0.2, 0) is 11.2 Å². The molecular weight excluding hydrogens is 292 g/mol. The summed E-state index contributed by atoms with van der Waals surface area (Å²) >= 11 is 0. The first-order valence-electron chi connectivity index (χ1n) is 8.31. The van der Waals surface area contributed by atoms with Crippen LogP contribution in [0, 0.1) is 5.92 Å². The number of benzene rings is 1. The third-order valence-electron chi connectivity index (χ3n) is 4.47. The first-order valence-corrected chi connectivity index (χ1v) is 8.31. The van der Waals surface area contributed by atoms with Crippen molar-refractivity contribution in [3.05, 3.63) is 35.4 Å². The van der Waals surface area contributed by atoms with E-state index in [1.165, 1.54) is 0 Å². The lowest BCUT2D eigenvalue weighted by Crippen LogP contribution is -2.45. The summed E-state index contributed by atoms with van der Waals surface area (Å²) in [4.78, 5) is 25.4. The lowest BCUT2D eigenvalue weighted by atomic mass is 9.96. The number of hydrogen-bond acceptors (Lipinski definition) is 3. The summed E-state index contributed by atoms with van der Waals surface area (Å²) in [5.74, 6) is -0.699. The van der Waals surface area contributed by atoms with E-state index < -0.39 is 5.97 Å². The molecule has 126 valence electrons. The van der Waals surface area contributed by atoms with Gasteiger partial charge in [0.15, 0.2) is 0 Å². The highest BCUT2D eigenvalue weighted by molar-refractivity contribution is 5.87. The maximum atomic E-state index is 12.3. The monoisotopic (exact) mass is 318 g/mol. The molecule has 23 heavy (non-hydrogen) atoms. The Bertz CT molecular complexity index is 540. The van der Waals surface area contributed by atoms with Crippen LogP contribution in [0.2, 0.25) is 0 Å². The average Bonchev–Trinajstić information content (AvgIpc) is 2.55. The number of hydrogen-bond donors (Lipinski definition) is 2. The highest BCUT2D eigenvalue weighted by Gasteiger charge is 2.26. The van der Waals surface area contributed by atoms with Crippen LogP contribution in [0.3, 0.4) is 0 Å². The number of aromatic carboxylic acids is 1. The fraction of sp³-hybridized carbons (Fsp3) is 0.556. The minimum atomic E-state index is -0.920. The summed E-state index contributed by atoms with van der Waals surface area (Å²) in [6.07, 6.45) is 2.75. The number of carbonyl (C=O) groups is 2. The van der Waals surface area contributed by atoms with E-state index in [0.717, 1.165) is 31.5 Å². The number of rotatable bonds is 6. The van der Waals surface area contributed by atoms with Gasteiger partial charge in [-0.05, 0) is 57.4 Å². The normalized spacial score (nSPS) is 18.8. The number of amides is 1. The molecule has 5 heteroatoms. The van der Waals surface area contributed by atoms with Crippen LogP contribution in [-0.4, -0.2) is 47.6 Å². The van der Waals surface area contributed by atoms with Crippen molar-refractivity contribution in [2.75, 3.05) is 19.6 Å². The minimum Gasteiger partial charge on any atom is -0.478 e. The molecule has 1 aliphatic heterocycles. The van der Waals surface area contributed by atoms with Crippen LogP contribution in [0.25, 0.3) is 0 Å². The Morgan fingerprint density at radius 2 is 2.00 bits per heavy atom. The number of carbonyl (C=O) groups excluding carboxylic acids is 1. The number of carboxylic acids is 1. The van der Waals surface area contributed by atoms with E-state index in [1.54, 1.807) is 24.3 Å². The highest BCUT2D eigenvalue weighted by atomic mass is 16.4. The molecule has 1 saturated heterocycles. The van der Waals surface area contributed by atoms with Crippen LogP contribution in [0.4, 0.5) is 0 Å². The summed E-state index contributed by atoms with van der Waals surface area (Å²) in [6.45, 7) is 6.85. The predicted molar refractivity (Wildman–Crippen MR) is 89.5 cm³/mol. The van der Waals surface area contributed by atoms with Gasteiger partial charge in [0.25, 0.3) is 0 Å². The van der Waals surface area contributed by atoms with Crippen molar-refractivity contribution in [2.24, 2.45) is 5.92 Å². The number of piperidine rings is 1. The molecule has 1 amide bonds. The quantitative estimate of drug-likeness (QED) is 0.843. The molecule has 1 aliphatic rings. The fourth-order valence-electron chi connectivity index (χ4n) is 2.98. The molecule has 0 unspecified atom stereocenters. The van der Waals surface area contributed by atoms with Crippen molar-refractivity contribution in [2.45, 2.75) is 39.2 Å². The topological polar surface area (TPSA) is 69.6 Å². The van der Waals surface area contributed by atoms with Gasteiger partial charge in [0.05, 0.1) is 11.5 Å². The van der Waals surface area contributed by atoms with Gasteiger partial charge in [-0.3, -0.25) is 4.79 Å². The maximum absolute atomic E-state index is 12.3. The third kappa shape index (κ3) is 5.06. The van der Waals surface area contributed by atoms with Crippen LogP contribution >= 0.6 is 0 Å². The van der Waals surface area contributed by atoms with Gasteiger partial charge in [-0.25, -0.2) is 4.79 Å². The number of nitrogens with zero attached hydrogens (tertiary/aromatic N) is 1. The summed E-state index contributed by atoms with van der Waals surface area (Å²) < 4.78 is 0. The first-order chi connectivity index (χ1) is 11.0. The second-order valence-corrected chi connectivity index (χ2v) is 6.47. The lowest BCUT2D eigenvalue weighted by Gasteiger charge is -2.34. The van der Waals surface area contributed by atoms with E-state index in [-0.39, 0.29) is 17.4 Å². The van der Waals surface area contributed by atoms with Gasteiger partial charge in [0.1, 0.15) is 0 Å². The molecule has 0 radical (unpaired) electrons. The van der Waals surface area contributed by atoms with Gasteiger partial charge in [0, 0.05) is 19.1 Å². The van der Waals surface area contributed by atoms with Gasteiger partial charge < -0.3 is 15.3 Å². The molecule has 1 aromatic rings. The number of carboxylic acid groups (broad SMARTS) is 1. The predicted octanol–water partition coefficient (Wildman–Crippen LogP) is 2.16. The van der Waals surface area contributed by atoms with Crippen molar-refractivity contribution in [1.82, 2.24) is 10.2 Å². The third-order valence-corrected chi connectivity index (χ3v) is 4.47. The van der Waals surface area contributed by atoms with E-state index in [2.05, 4.69) is 24.1 Å². The molecule has 1 atom stereocenters. The average molecular weight is 318 g/mol. The molecule has 0 saturated carbocycles. The van der Waals surface area contributed by atoms with Crippen molar-refractivity contribution in [1.29, 1.82) is 0 Å². The summed E-state index contributed by atoms with van der Waals surface area (Å²) in [6, 6.07) is 7.29. The molecule has 1 aromatic carbocycles. The summed E-state index contributed by atoms with van der Waals surface area (Å²) in [5, 5.41) is 11.9. The molecular formula is C18H26N2O3. The molecule has 2 rings (SSSR count). The zero-order chi connectivity index (χ0) is 16.8. The fourth-order valence-corrected chi connectivity index (χ4v) is 2.98. The Morgan fingerprint density at radius 1 is 1.30 bits per heavy atom. The van der Waals surface area contributed by atoms with Crippen LogP contribution in [0.1, 0.15) is 42.6 Å². The van der Waals surface area contributed by atoms with E-state index in [1.807, 2.05) is 0 Å². The lowest BCUT2D eigenvalue weighted by molar-refractivity contribution is -0.126. The summed E-state index contributed by atoms with van der Waals surface area (Å²) in [5.41, 5.74) is 1.32. The minimum absolute atomic E-state index is 0.0838. The van der Waals surface area contributed by atoms with Crippen molar-refractivity contribution < 1.29 is 14.7 Å². The van der Waals surface area contributed by atoms with Crippen molar-refractivity contribution in [3.8, 4) is 0 Å². The van der Waals surface area contributed by atoms with Gasteiger partial charge in [0.2, 0.25) is 5.91 Å². The Hall–Kier alpha value is -1.88. The van der Waals surface area contributed by atoms with Crippen LogP contribution in [0.5, 0.6) is 0 Å². The van der Waals surface area contributed by atoms with Crippen molar-refractivity contribution >= 4 is 11.9 Å². The Labute approximate surface area is 137 Å². The second kappa shape index (κ2) is 8.11. The SMILES string of the molecule is CC(C)N1CCC[C@H](C(=O)NCCc2ccc(C(=O)O)cc2)C1. The van der Waals surface area contributed by atoms with Gasteiger partial charge in [-0.1, -0.05) is 12.1 Å². The zero-order valence-corrected chi connectivity index (χ0v) is 13.9. The second-order valence-electron chi connectivity index (χ2n) is 6.47. The molecule has 2 N–H and O–H groups in total. The van der Waals surface area contributed by atoms with Gasteiger partial charge >= 0.3 is 5.97 Å². The van der Waals surface area contributed by atoms with E-state index in [4.69, 9.17) is 5.11 Å². The zero-order valence-electron chi connectivity index (χ0n) is 13.9. The first kappa shape index (κ1) is 17.5. The van der Waals surface area contributed by atoms with Crippen molar-refractivity contribution in [3.63, 3.8) is 0 Å². The van der Waals surface area contributed by atoms with E-state index in [9.17, 15) is 9.59 Å². The molecule has 0 bridgehead atoms. The van der Waals surface area contributed by atoms with Gasteiger partial charge in [-0.2, -0.15) is 0 Å². The Balaban J connectivity index is 1.77. The molecule has 0 aliphatic carbocycles. The molecule has 1 heterocycles. The number of likely N-dealkylation sites (tertiary alicyclic amines) is 1. The molecule has 0 aromatic heterocycles.